The lowest BCUT2D eigenvalue weighted by Crippen LogP contribution is -2.30. The molecule has 3 rings (SSSR count). The molecule has 1 N–H and O–H groups in total. The fourth-order valence-corrected chi connectivity index (χ4v) is 4.24. The van der Waals surface area contributed by atoms with E-state index in [0.717, 1.165) is 6.26 Å². The second-order valence-corrected chi connectivity index (χ2v) is 9.38. The molecule has 0 saturated heterocycles. The van der Waals surface area contributed by atoms with Crippen LogP contribution in [0.4, 0.5) is 11.4 Å². The normalized spacial score (nSPS) is 12.2. The maximum Gasteiger partial charge on any atom is 0.232 e. The minimum atomic E-state index is -3.58. The molecule has 0 saturated carbocycles. The van der Waals surface area contributed by atoms with E-state index in [0.29, 0.717) is 33.9 Å². The van der Waals surface area contributed by atoms with Crippen molar-refractivity contribution >= 4 is 39.4 Å². The zero-order chi connectivity index (χ0) is 22.4. The summed E-state index contributed by atoms with van der Waals surface area (Å²) in [5, 5.41) is 10.9. The first kappa shape index (κ1) is 22.8. The van der Waals surface area contributed by atoms with Gasteiger partial charge in [0.15, 0.2) is 0 Å². The quantitative estimate of drug-likeness (QED) is 0.491. The Balaban J connectivity index is 1.81. The van der Waals surface area contributed by atoms with Crippen LogP contribution in [0.25, 0.3) is 0 Å². The summed E-state index contributed by atoms with van der Waals surface area (Å²) in [4.78, 5) is 13.0. The van der Waals surface area contributed by atoms with Gasteiger partial charge >= 0.3 is 0 Å². The fourth-order valence-electron chi connectivity index (χ4n) is 3.17. The number of aliphatic hydroxyl groups excluding tert-OH is 1. The molecule has 0 aromatic heterocycles. The largest absolute Gasteiger partial charge is 0.387 e. The lowest BCUT2D eigenvalue weighted by Gasteiger charge is -2.25. The molecule has 0 bridgehead atoms. The first-order chi connectivity index (χ1) is 14.8. The lowest BCUT2D eigenvalue weighted by molar-refractivity contribution is -0.107. The number of carbonyl (C=O) groups excluding carboxylic acids is 1. The Hall–Kier alpha value is -2.87. The van der Waals surface area contributed by atoms with Gasteiger partial charge in [-0.1, -0.05) is 60.1 Å². The van der Waals surface area contributed by atoms with E-state index in [1.165, 1.54) is 9.21 Å². The average Bonchev–Trinajstić information content (AvgIpc) is 2.77. The van der Waals surface area contributed by atoms with Gasteiger partial charge in [0.1, 0.15) is 0 Å². The zero-order valence-electron chi connectivity index (χ0n) is 16.9. The highest BCUT2D eigenvalue weighted by Gasteiger charge is 2.20. The summed E-state index contributed by atoms with van der Waals surface area (Å²) in [5.74, 6) is 0. The number of hydrogen-bond donors (Lipinski definition) is 1. The van der Waals surface area contributed by atoms with Gasteiger partial charge in [0.05, 0.1) is 31.1 Å². The van der Waals surface area contributed by atoms with E-state index in [-0.39, 0.29) is 13.1 Å². The van der Waals surface area contributed by atoms with E-state index in [1.807, 2.05) is 18.2 Å². The Kier molecular flexibility index (Phi) is 7.33. The van der Waals surface area contributed by atoms with Gasteiger partial charge in [-0.05, 0) is 41.5 Å². The van der Waals surface area contributed by atoms with Crippen LogP contribution >= 0.6 is 11.6 Å². The molecule has 0 radical (unpaired) electrons. The minimum absolute atomic E-state index is 0.0717. The highest BCUT2D eigenvalue weighted by atomic mass is 35.5. The summed E-state index contributed by atoms with van der Waals surface area (Å²) in [6, 6.07) is 22.7. The third-order valence-electron chi connectivity index (χ3n) is 4.82. The molecule has 162 valence electrons. The number of rotatable bonds is 9. The van der Waals surface area contributed by atoms with Crippen LogP contribution in [0.5, 0.6) is 0 Å². The molecule has 6 nitrogen and oxygen atoms in total. The number of carbonyl (C=O) groups is 1. The molecule has 31 heavy (non-hydrogen) atoms. The summed E-state index contributed by atoms with van der Waals surface area (Å²) in [7, 11) is -3.58. The van der Waals surface area contributed by atoms with Crippen molar-refractivity contribution in [1.82, 2.24) is 0 Å². The first-order valence-corrected chi connectivity index (χ1v) is 11.8. The average molecular weight is 459 g/mol. The first-order valence-electron chi connectivity index (χ1n) is 9.55. The van der Waals surface area contributed by atoms with Gasteiger partial charge in [0.2, 0.25) is 16.4 Å². The van der Waals surface area contributed by atoms with Gasteiger partial charge < -0.3 is 10.0 Å². The Morgan fingerprint density at radius 3 is 2.10 bits per heavy atom. The summed E-state index contributed by atoms with van der Waals surface area (Å²) < 4.78 is 26.1. The number of benzene rings is 3. The molecule has 0 aliphatic carbocycles. The molecule has 1 unspecified atom stereocenters. The van der Waals surface area contributed by atoms with Crippen molar-refractivity contribution in [3.05, 3.63) is 95.0 Å². The monoisotopic (exact) mass is 458 g/mol. The molecule has 8 heteroatoms. The summed E-state index contributed by atoms with van der Waals surface area (Å²) in [6.07, 6.45) is 0.920. The van der Waals surface area contributed by atoms with Crippen molar-refractivity contribution in [1.29, 1.82) is 0 Å². The Morgan fingerprint density at radius 1 is 0.935 bits per heavy atom. The Labute approximate surface area is 187 Å². The van der Waals surface area contributed by atoms with Crippen molar-refractivity contribution in [2.24, 2.45) is 0 Å². The van der Waals surface area contributed by atoms with Crippen molar-refractivity contribution < 1.29 is 18.3 Å². The topological polar surface area (TPSA) is 77.9 Å². The number of hydrogen-bond acceptors (Lipinski definition) is 4. The standard InChI is InChI=1S/C23H23ClN2O4S/c1-31(29,30)26(15-19-9-5-6-10-22(19)24)21-13-11-20(12-14-21)25(17-27)16-23(28)18-7-3-2-4-8-18/h2-14,17,23,28H,15-16H2,1H3. The van der Waals surface area contributed by atoms with Crippen molar-refractivity contribution in [3.8, 4) is 0 Å². The number of anilines is 2. The van der Waals surface area contributed by atoms with Crippen LogP contribution in [0.2, 0.25) is 5.02 Å². The van der Waals surface area contributed by atoms with E-state index in [1.54, 1.807) is 60.7 Å². The Morgan fingerprint density at radius 2 is 1.52 bits per heavy atom. The van der Waals surface area contributed by atoms with Crippen LogP contribution in [0.1, 0.15) is 17.2 Å². The molecule has 0 spiro atoms. The molecule has 1 amide bonds. The van der Waals surface area contributed by atoms with Crippen molar-refractivity contribution in [3.63, 3.8) is 0 Å². The number of nitrogens with zero attached hydrogens (tertiary/aromatic N) is 2. The highest BCUT2D eigenvalue weighted by Crippen LogP contribution is 2.27. The number of sulfonamides is 1. The van der Waals surface area contributed by atoms with Gasteiger partial charge in [-0.25, -0.2) is 8.42 Å². The van der Waals surface area contributed by atoms with Gasteiger partial charge in [-0.3, -0.25) is 9.10 Å². The minimum Gasteiger partial charge on any atom is -0.387 e. The van der Waals surface area contributed by atoms with E-state index < -0.39 is 16.1 Å². The van der Waals surface area contributed by atoms with E-state index in [2.05, 4.69) is 0 Å². The molecule has 3 aromatic rings. The van der Waals surface area contributed by atoms with E-state index >= 15 is 0 Å². The molecule has 0 fully saturated rings. The van der Waals surface area contributed by atoms with Crippen LogP contribution in [0.15, 0.2) is 78.9 Å². The number of aliphatic hydroxyl groups is 1. The van der Waals surface area contributed by atoms with Gasteiger partial charge in [-0.15, -0.1) is 0 Å². The maximum absolute atomic E-state index is 12.4. The highest BCUT2D eigenvalue weighted by molar-refractivity contribution is 7.92. The SMILES string of the molecule is CS(=O)(=O)N(Cc1ccccc1Cl)c1ccc(N(C=O)CC(O)c2ccccc2)cc1. The summed E-state index contributed by atoms with van der Waals surface area (Å²) in [5.41, 5.74) is 2.37. The maximum atomic E-state index is 12.4. The summed E-state index contributed by atoms with van der Waals surface area (Å²) in [6.45, 7) is 0.157. The van der Waals surface area contributed by atoms with Crippen LogP contribution in [0, 0.1) is 0 Å². The van der Waals surface area contributed by atoms with Crippen LogP contribution in [-0.4, -0.2) is 32.7 Å². The fraction of sp³-hybridized carbons (Fsp3) is 0.174. The van der Waals surface area contributed by atoms with E-state index in [4.69, 9.17) is 11.6 Å². The third-order valence-corrected chi connectivity index (χ3v) is 6.33. The van der Waals surface area contributed by atoms with E-state index in [9.17, 15) is 18.3 Å². The molecular weight excluding hydrogens is 436 g/mol. The van der Waals surface area contributed by atoms with Crippen molar-refractivity contribution in [2.75, 3.05) is 22.0 Å². The van der Waals surface area contributed by atoms with Gasteiger partial charge in [0.25, 0.3) is 0 Å². The van der Waals surface area contributed by atoms with Crippen LogP contribution in [0.3, 0.4) is 0 Å². The second-order valence-electron chi connectivity index (χ2n) is 7.06. The predicted octanol–water partition coefficient (Wildman–Crippen LogP) is 4.00. The molecule has 0 aliphatic heterocycles. The van der Waals surface area contributed by atoms with Crippen LogP contribution in [-0.2, 0) is 21.4 Å². The molecule has 3 aromatic carbocycles. The zero-order valence-corrected chi connectivity index (χ0v) is 18.5. The lowest BCUT2D eigenvalue weighted by atomic mass is 10.1. The van der Waals surface area contributed by atoms with Crippen molar-refractivity contribution in [2.45, 2.75) is 12.6 Å². The third kappa shape index (κ3) is 5.85. The Bertz CT molecular complexity index is 1120. The number of amides is 1. The second kappa shape index (κ2) is 9.96. The van der Waals surface area contributed by atoms with Crippen LogP contribution < -0.4 is 9.21 Å². The smallest absolute Gasteiger partial charge is 0.232 e. The summed E-state index contributed by atoms with van der Waals surface area (Å²) >= 11 is 6.20. The molecule has 1 atom stereocenters. The molecule has 0 heterocycles. The molecular formula is C23H23ClN2O4S. The predicted molar refractivity (Wildman–Crippen MR) is 124 cm³/mol. The van der Waals surface area contributed by atoms with Gasteiger partial charge in [-0.2, -0.15) is 0 Å². The molecule has 0 aliphatic rings. The number of halogens is 1. The van der Waals surface area contributed by atoms with Gasteiger partial charge in [0, 0.05) is 10.7 Å².